The number of benzene rings is 2. The number of hydrogen-bond donors (Lipinski definition) is 2. The molecular weight excluding hydrogens is 488 g/mol. The summed E-state index contributed by atoms with van der Waals surface area (Å²) in [4.78, 5) is 21.3. The Kier molecular flexibility index (Phi) is 7.65. The highest BCUT2D eigenvalue weighted by atomic mass is 32.2. The van der Waals surface area contributed by atoms with Crippen LogP contribution >= 0.6 is 23.1 Å². The van der Waals surface area contributed by atoms with Crippen molar-refractivity contribution in [2.24, 2.45) is 0 Å². The van der Waals surface area contributed by atoms with Crippen LogP contribution in [0.5, 0.6) is 0 Å². The topological polar surface area (TPSA) is 128 Å². The van der Waals surface area contributed by atoms with Crippen molar-refractivity contribution in [2.45, 2.75) is 25.3 Å². The van der Waals surface area contributed by atoms with E-state index in [1.54, 1.807) is 0 Å². The Bertz CT molecular complexity index is 1500. The van der Waals surface area contributed by atoms with Gasteiger partial charge in [-0.15, -0.1) is 23.1 Å². The average Bonchev–Trinajstić information content (AvgIpc) is 3.33. The molecule has 0 unspecified atom stereocenters. The van der Waals surface area contributed by atoms with Crippen LogP contribution in [0.1, 0.15) is 28.7 Å². The van der Waals surface area contributed by atoms with Gasteiger partial charge in [-0.05, 0) is 19.4 Å². The largest absolute Gasteiger partial charge is 0.383 e. The van der Waals surface area contributed by atoms with E-state index >= 15 is 0 Å². The minimum absolute atomic E-state index is 0.0606. The number of rotatable bonds is 7. The predicted molar refractivity (Wildman–Crippen MR) is 145 cm³/mol. The van der Waals surface area contributed by atoms with Crippen LogP contribution < -0.4 is 11.1 Å². The Hall–Kier alpha value is -4.18. The van der Waals surface area contributed by atoms with Gasteiger partial charge in [0.15, 0.2) is 5.13 Å². The maximum Gasteiger partial charge on any atom is 0.226 e. The number of nitrogens with zero attached hydrogens (tertiary/aromatic N) is 4. The number of nitriles is 2. The van der Waals surface area contributed by atoms with Crippen molar-refractivity contribution in [1.29, 1.82) is 10.5 Å². The second kappa shape index (κ2) is 11.0. The van der Waals surface area contributed by atoms with E-state index in [-0.39, 0.29) is 29.3 Å². The number of aryl methyl sites for hydroxylation is 2. The summed E-state index contributed by atoms with van der Waals surface area (Å²) < 4.78 is 0. The molecule has 2 heterocycles. The van der Waals surface area contributed by atoms with E-state index in [9.17, 15) is 15.3 Å². The van der Waals surface area contributed by atoms with Crippen LogP contribution in [0.2, 0.25) is 0 Å². The number of thioether (sulfide) groups is 1. The van der Waals surface area contributed by atoms with Crippen molar-refractivity contribution in [3.63, 3.8) is 0 Å². The molecule has 0 fully saturated rings. The molecule has 0 aliphatic heterocycles. The van der Waals surface area contributed by atoms with E-state index in [1.165, 1.54) is 28.7 Å². The quantitative estimate of drug-likeness (QED) is 0.295. The predicted octanol–water partition coefficient (Wildman–Crippen LogP) is 5.94. The summed E-state index contributed by atoms with van der Waals surface area (Å²) in [6.07, 6.45) is 0.191. The molecule has 0 aliphatic carbocycles. The van der Waals surface area contributed by atoms with Crippen LogP contribution in [0.15, 0.2) is 58.9 Å². The molecule has 36 heavy (non-hydrogen) atoms. The first-order valence-electron chi connectivity index (χ1n) is 11.1. The van der Waals surface area contributed by atoms with Gasteiger partial charge in [-0.25, -0.2) is 9.97 Å². The summed E-state index contributed by atoms with van der Waals surface area (Å²) in [6, 6.07) is 19.8. The molecule has 4 aromatic rings. The second-order valence-electron chi connectivity index (χ2n) is 8.07. The van der Waals surface area contributed by atoms with Crippen molar-refractivity contribution < 1.29 is 4.79 Å². The second-order valence-corrected chi connectivity index (χ2v) is 10.0. The Labute approximate surface area is 217 Å². The summed E-state index contributed by atoms with van der Waals surface area (Å²) in [7, 11) is 0. The molecule has 0 radical (unpaired) electrons. The molecule has 0 bridgehead atoms. The minimum atomic E-state index is -0.189. The minimum Gasteiger partial charge on any atom is -0.383 e. The van der Waals surface area contributed by atoms with E-state index in [4.69, 9.17) is 5.73 Å². The molecule has 9 heteroatoms. The maximum atomic E-state index is 12.5. The van der Waals surface area contributed by atoms with Gasteiger partial charge in [-0.3, -0.25) is 4.79 Å². The van der Waals surface area contributed by atoms with E-state index in [0.29, 0.717) is 21.5 Å². The smallest absolute Gasteiger partial charge is 0.226 e. The third-order valence-electron chi connectivity index (χ3n) is 5.42. The van der Waals surface area contributed by atoms with Crippen molar-refractivity contribution in [2.75, 3.05) is 16.8 Å². The zero-order valence-corrected chi connectivity index (χ0v) is 21.3. The standard InChI is InChI=1S/C27H22N6OS2/c1-16-3-7-18(8-4-16)22-15-36-27(31-22)32-23(34)11-12-35-26-21(14-29)24(20(13-28)25(30)33-26)19-9-5-17(2)6-10-19/h3-10,15H,11-12H2,1-2H3,(H2,30,33)(H,31,32,34). The zero-order valence-electron chi connectivity index (χ0n) is 19.7. The summed E-state index contributed by atoms with van der Waals surface area (Å²) in [5, 5.41) is 25.2. The number of aromatic nitrogens is 2. The fourth-order valence-corrected chi connectivity index (χ4v) is 5.19. The number of hydrogen-bond acceptors (Lipinski definition) is 8. The highest BCUT2D eigenvalue weighted by Gasteiger charge is 2.20. The number of nitrogens with two attached hydrogens (primary N) is 1. The molecule has 0 saturated carbocycles. The summed E-state index contributed by atoms with van der Waals surface area (Å²) in [6.45, 7) is 3.99. The number of anilines is 2. The first-order valence-corrected chi connectivity index (χ1v) is 12.9. The van der Waals surface area contributed by atoms with Crippen molar-refractivity contribution in [3.05, 3.63) is 76.2 Å². The first-order chi connectivity index (χ1) is 17.4. The van der Waals surface area contributed by atoms with Gasteiger partial charge in [0.05, 0.1) is 11.3 Å². The SMILES string of the molecule is Cc1ccc(-c2csc(NC(=O)CCSc3nc(N)c(C#N)c(-c4ccc(C)cc4)c3C#N)n2)cc1. The molecule has 1 amide bonds. The average molecular weight is 511 g/mol. The number of carbonyl (C=O) groups excluding carboxylic acids is 1. The molecule has 0 spiro atoms. The Morgan fingerprint density at radius 3 is 2.19 bits per heavy atom. The molecule has 0 atom stereocenters. The maximum absolute atomic E-state index is 12.5. The molecule has 0 saturated heterocycles. The van der Waals surface area contributed by atoms with Crippen LogP contribution in [-0.2, 0) is 4.79 Å². The highest BCUT2D eigenvalue weighted by Crippen LogP contribution is 2.36. The van der Waals surface area contributed by atoms with Gasteiger partial charge in [0.2, 0.25) is 5.91 Å². The zero-order chi connectivity index (χ0) is 25.7. The molecule has 3 N–H and O–H groups in total. The van der Waals surface area contributed by atoms with Gasteiger partial charge in [0, 0.05) is 28.7 Å². The van der Waals surface area contributed by atoms with Crippen molar-refractivity contribution in [3.8, 4) is 34.5 Å². The Balaban J connectivity index is 1.46. The summed E-state index contributed by atoms with van der Waals surface area (Å²) in [5.41, 5.74) is 11.7. The van der Waals surface area contributed by atoms with Crippen LogP contribution in [0, 0.1) is 36.5 Å². The fraction of sp³-hybridized carbons (Fsp3) is 0.148. The monoisotopic (exact) mass is 510 g/mol. The summed E-state index contributed by atoms with van der Waals surface area (Å²) >= 11 is 2.63. The molecule has 2 aromatic carbocycles. The number of pyridine rings is 1. The van der Waals surface area contributed by atoms with Gasteiger partial charge < -0.3 is 11.1 Å². The fourth-order valence-electron chi connectivity index (χ4n) is 3.52. The number of amides is 1. The number of thiazole rings is 1. The summed E-state index contributed by atoms with van der Waals surface area (Å²) in [5.74, 6) is 0.249. The number of nitrogen functional groups attached to an aromatic ring is 1. The molecule has 0 aliphatic rings. The van der Waals surface area contributed by atoms with Crippen molar-refractivity contribution >= 4 is 40.0 Å². The number of nitrogens with one attached hydrogen (secondary N) is 1. The third kappa shape index (κ3) is 5.55. The van der Waals surface area contributed by atoms with Crippen LogP contribution in [0.25, 0.3) is 22.4 Å². The van der Waals surface area contributed by atoms with Gasteiger partial charge in [0.25, 0.3) is 0 Å². The van der Waals surface area contributed by atoms with Gasteiger partial charge in [0.1, 0.15) is 28.5 Å². The molecule has 4 rings (SSSR count). The highest BCUT2D eigenvalue weighted by molar-refractivity contribution is 7.99. The van der Waals surface area contributed by atoms with E-state index in [1.807, 2.05) is 67.8 Å². The lowest BCUT2D eigenvalue weighted by atomic mass is 9.96. The van der Waals surface area contributed by atoms with Crippen molar-refractivity contribution in [1.82, 2.24) is 9.97 Å². The van der Waals surface area contributed by atoms with E-state index in [0.717, 1.165) is 22.4 Å². The van der Waals surface area contributed by atoms with E-state index < -0.39 is 0 Å². The van der Waals surface area contributed by atoms with Crippen LogP contribution in [-0.4, -0.2) is 21.6 Å². The van der Waals surface area contributed by atoms with Gasteiger partial charge in [-0.1, -0.05) is 59.7 Å². The lowest BCUT2D eigenvalue weighted by molar-refractivity contribution is -0.115. The first kappa shape index (κ1) is 24.9. The van der Waals surface area contributed by atoms with E-state index in [2.05, 4.69) is 27.4 Å². The Morgan fingerprint density at radius 2 is 1.58 bits per heavy atom. The lowest BCUT2D eigenvalue weighted by Gasteiger charge is -2.13. The molecule has 7 nitrogen and oxygen atoms in total. The third-order valence-corrected chi connectivity index (χ3v) is 7.16. The van der Waals surface area contributed by atoms with Gasteiger partial charge in [-0.2, -0.15) is 10.5 Å². The molecule has 2 aromatic heterocycles. The molecular formula is C27H22N6OS2. The normalized spacial score (nSPS) is 10.4. The lowest BCUT2D eigenvalue weighted by Crippen LogP contribution is -2.12. The molecule has 178 valence electrons. The van der Waals surface area contributed by atoms with Crippen LogP contribution in [0.4, 0.5) is 10.9 Å². The number of carbonyl (C=O) groups is 1. The van der Waals surface area contributed by atoms with Crippen LogP contribution in [0.3, 0.4) is 0 Å². The Morgan fingerprint density at radius 1 is 0.972 bits per heavy atom. The van der Waals surface area contributed by atoms with Gasteiger partial charge >= 0.3 is 0 Å².